The second-order valence-corrected chi connectivity index (χ2v) is 5.13. The number of hydrogen-bond donors (Lipinski definition) is 3. The highest BCUT2D eigenvalue weighted by Gasteiger charge is 2.21. The molecule has 0 aromatic heterocycles. The monoisotopic (exact) mass is 241 g/mol. The molecule has 1 heterocycles. The van der Waals surface area contributed by atoms with Gasteiger partial charge in [-0.1, -0.05) is 6.92 Å². The van der Waals surface area contributed by atoms with Gasteiger partial charge in [0.05, 0.1) is 0 Å². The van der Waals surface area contributed by atoms with Crippen LogP contribution >= 0.6 is 0 Å². The van der Waals surface area contributed by atoms with Crippen LogP contribution < -0.4 is 16.4 Å². The molecule has 4 heteroatoms. The summed E-state index contributed by atoms with van der Waals surface area (Å²) >= 11 is 0. The Balaban J connectivity index is 2.11. The lowest BCUT2D eigenvalue weighted by atomic mass is 9.85. The Morgan fingerprint density at radius 2 is 2.35 bits per heavy atom. The summed E-state index contributed by atoms with van der Waals surface area (Å²) in [5, 5.41) is 6.38. The molecule has 4 N–H and O–H groups in total. The molecule has 1 aliphatic rings. The van der Waals surface area contributed by atoms with Crippen LogP contribution in [-0.4, -0.2) is 32.1 Å². The van der Waals surface area contributed by atoms with Crippen molar-refractivity contribution < 1.29 is 4.79 Å². The lowest BCUT2D eigenvalue weighted by Crippen LogP contribution is -2.35. The fourth-order valence-corrected chi connectivity index (χ4v) is 2.39. The molecule has 1 amide bonds. The van der Waals surface area contributed by atoms with Gasteiger partial charge in [-0.25, -0.2) is 0 Å². The van der Waals surface area contributed by atoms with E-state index in [1.165, 1.54) is 12.8 Å². The fraction of sp³-hybridized carbons (Fsp3) is 0.923. The first-order chi connectivity index (χ1) is 8.24. The number of nitrogens with two attached hydrogens (primary N) is 1. The minimum atomic E-state index is 0.195. The molecule has 0 radical (unpaired) electrons. The van der Waals surface area contributed by atoms with E-state index in [1.807, 2.05) is 0 Å². The Bertz CT molecular complexity index is 215. The van der Waals surface area contributed by atoms with E-state index in [1.54, 1.807) is 0 Å². The van der Waals surface area contributed by atoms with Crippen LogP contribution in [0.5, 0.6) is 0 Å². The third-order valence-corrected chi connectivity index (χ3v) is 3.60. The van der Waals surface area contributed by atoms with E-state index in [0.717, 1.165) is 32.5 Å². The molecule has 0 bridgehead atoms. The minimum absolute atomic E-state index is 0.195. The molecular weight excluding hydrogens is 214 g/mol. The highest BCUT2D eigenvalue weighted by molar-refractivity contribution is 5.76. The Morgan fingerprint density at radius 1 is 1.53 bits per heavy atom. The van der Waals surface area contributed by atoms with E-state index in [4.69, 9.17) is 5.73 Å². The molecular formula is C13H27N3O. The molecule has 1 aliphatic heterocycles. The van der Waals surface area contributed by atoms with Crippen molar-refractivity contribution >= 4 is 5.91 Å². The van der Waals surface area contributed by atoms with Crippen molar-refractivity contribution in [3.05, 3.63) is 0 Å². The van der Waals surface area contributed by atoms with Crippen LogP contribution in [0.4, 0.5) is 0 Å². The van der Waals surface area contributed by atoms with Crippen molar-refractivity contribution in [3.63, 3.8) is 0 Å². The number of nitrogens with one attached hydrogen (secondary N) is 2. The van der Waals surface area contributed by atoms with E-state index in [-0.39, 0.29) is 5.91 Å². The van der Waals surface area contributed by atoms with Gasteiger partial charge >= 0.3 is 0 Å². The van der Waals surface area contributed by atoms with Crippen molar-refractivity contribution in [3.8, 4) is 0 Å². The molecule has 4 nitrogen and oxygen atoms in total. The summed E-state index contributed by atoms with van der Waals surface area (Å²) < 4.78 is 0. The maximum absolute atomic E-state index is 11.7. The molecule has 0 aromatic rings. The molecule has 100 valence electrons. The number of hydrogen-bond acceptors (Lipinski definition) is 3. The largest absolute Gasteiger partial charge is 0.356 e. The second-order valence-electron chi connectivity index (χ2n) is 5.13. The van der Waals surface area contributed by atoms with Gasteiger partial charge in [-0.3, -0.25) is 4.79 Å². The normalized spacial score (nSPS) is 22.1. The van der Waals surface area contributed by atoms with Gasteiger partial charge < -0.3 is 16.4 Å². The van der Waals surface area contributed by atoms with Gasteiger partial charge in [0.15, 0.2) is 0 Å². The summed E-state index contributed by atoms with van der Waals surface area (Å²) in [5.41, 5.74) is 5.40. The van der Waals surface area contributed by atoms with Crippen molar-refractivity contribution in [2.24, 2.45) is 17.6 Å². The zero-order valence-corrected chi connectivity index (χ0v) is 11.0. The van der Waals surface area contributed by atoms with Crippen LogP contribution in [0.25, 0.3) is 0 Å². The van der Waals surface area contributed by atoms with Gasteiger partial charge in [0.1, 0.15) is 0 Å². The van der Waals surface area contributed by atoms with Crippen molar-refractivity contribution in [1.82, 2.24) is 10.6 Å². The van der Waals surface area contributed by atoms with Gasteiger partial charge in [-0.05, 0) is 57.2 Å². The van der Waals surface area contributed by atoms with Gasteiger partial charge in [0, 0.05) is 13.0 Å². The Hall–Kier alpha value is -0.610. The average molecular weight is 241 g/mol. The zero-order valence-electron chi connectivity index (χ0n) is 11.0. The highest BCUT2D eigenvalue weighted by atomic mass is 16.1. The molecule has 1 fully saturated rings. The summed E-state index contributed by atoms with van der Waals surface area (Å²) in [6, 6.07) is 0. The number of unbranched alkanes of at least 4 members (excludes halogenated alkanes) is 1. The lowest BCUT2D eigenvalue weighted by molar-refractivity contribution is -0.122. The maximum atomic E-state index is 11.7. The standard InChI is InChI=1S/C13H27N3O/c1-11(12-5-4-7-15-10-12)9-13(17)16-8-3-2-6-14/h11-12,15H,2-10,14H2,1H3,(H,16,17). The number of rotatable bonds is 7. The van der Waals surface area contributed by atoms with Crippen LogP contribution in [-0.2, 0) is 4.79 Å². The van der Waals surface area contributed by atoms with Gasteiger partial charge in [-0.2, -0.15) is 0 Å². The summed E-state index contributed by atoms with van der Waals surface area (Å²) in [6.45, 7) is 5.87. The second kappa shape index (κ2) is 8.48. The van der Waals surface area contributed by atoms with E-state index in [2.05, 4.69) is 17.6 Å². The van der Waals surface area contributed by atoms with Crippen LogP contribution in [0.2, 0.25) is 0 Å². The first kappa shape index (κ1) is 14.5. The topological polar surface area (TPSA) is 67.2 Å². The number of amides is 1. The van der Waals surface area contributed by atoms with Crippen molar-refractivity contribution in [2.45, 2.75) is 39.0 Å². The first-order valence-corrected chi connectivity index (χ1v) is 6.91. The van der Waals surface area contributed by atoms with Crippen LogP contribution in [0, 0.1) is 11.8 Å². The van der Waals surface area contributed by atoms with E-state index < -0.39 is 0 Å². The summed E-state index contributed by atoms with van der Waals surface area (Å²) in [7, 11) is 0. The number of carbonyl (C=O) groups is 1. The Morgan fingerprint density at radius 3 is 3.00 bits per heavy atom. The Labute approximate surface area is 105 Å². The van der Waals surface area contributed by atoms with Crippen molar-refractivity contribution in [1.29, 1.82) is 0 Å². The van der Waals surface area contributed by atoms with E-state index in [9.17, 15) is 4.79 Å². The number of piperidine rings is 1. The van der Waals surface area contributed by atoms with Crippen LogP contribution in [0.3, 0.4) is 0 Å². The fourth-order valence-electron chi connectivity index (χ4n) is 2.39. The van der Waals surface area contributed by atoms with Gasteiger partial charge in [0.2, 0.25) is 5.91 Å². The quantitative estimate of drug-likeness (QED) is 0.579. The third kappa shape index (κ3) is 6.03. The molecule has 0 aliphatic carbocycles. The molecule has 0 spiro atoms. The van der Waals surface area contributed by atoms with Crippen LogP contribution in [0.15, 0.2) is 0 Å². The SMILES string of the molecule is CC(CC(=O)NCCCCN)C1CCCNC1. The molecule has 0 saturated carbocycles. The van der Waals surface area contributed by atoms with E-state index >= 15 is 0 Å². The lowest BCUT2D eigenvalue weighted by Gasteiger charge is -2.28. The molecule has 0 aromatic carbocycles. The first-order valence-electron chi connectivity index (χ1n) is 6.91. The summed E-state index contributed by atoms with van der Waals surface area (Å²) in [5.74, 6) is 1.34. The van der Waals surface area contributed by atoms with Crippen molar-refractivity contribution in [2.75, 3.05) is 26.2 Å². The van der Waals surface area contributed by atoms with E-state index in [0.29, 0.717) is 24.8 Å². The minimum Gasteiger partial charge on any atom is -0.356 e. The van der Waals surface area contributed by atoms with Crippen LogP contribution in [0.1, 0.15) is 39.0 Å². The average Bonchev–Trinajstić information content (AvgIpc) is 2.36. The maximum Gasteiger partial charge on any atom is 0.220 e. The zero-order chi connectivity index (χ0) is 12.5. The summed E-state index contributed by atoms with van der Waals surface area (Å²) in [4.78, 5) is 11.7. The number of carbonyl (C=O) groups excluding carboxylic acids is 1. The predicted molar refractivity (Wildman–Crippen MR) is 70.7 cm³/mol. The molecule has 2 unspecified atom stereocenters. The smallest absolute Gasteiger partial charge is 0.220 e. The molecule has 1 saturated heterocycles. The molecule has 2 atom stereocenters. The summed E-state index contributed by atoms with van der Waals surface area (Å²) in [6.07, 6.45) is 5.14. The Kier molecular flexibility index (Phi) is 7.21. The molecule has 17 heavy (non-hydrogen) atoms. The predicted octanol–water partition coefficient (Wildman–Crippen LogP) is 0.867. The third-order valence-electron chi connectivity index (χ3n) is 3.60. The molecule has 1 rings (SSSR count). The highest BCUT2D eigenvalue weighted by Crippen LogP contribution is 2.22. The van der Waals surface area contributed by atoms with Gasteiger partial charge in [0.25, 0.3) is 0 Å². The van der Waals surface area contributed by atoms with Gasteiger partial charge in [-0.15, -0.1) is 0 Å².